The van der Waals surface area contributed by atoms with Crippen molar-refractivity contribution < 1.29 is 8.42 Å². The Bertz CT molecular complexity index is 1020. The van der Waals surface area contributed by atoms with Gasteiger partial charge in [-0.25, -0.2) is 13.1 Å². The average molecular weight is 383 g/mol. The maximum absolute atomic E-state index is 12.8. The van der Waals surface area contributed by atoms with Crippen LogP contribution in [0.2, 0.25) is 0 Å². The summed E-state index contributed by atoms with van der Waals surface area (Å²) in [7, 11) is -3.59. The molecule has 3 aromatic rings. The number of H-pyrrole nitrogens is 1. The highest BCUT2D eigenvalue weighted by Crippen LogP contribution is 2.21. The van der Waals surface area contributed by atoms with Crippen LogP contribution in [-0.4, -0.2) is 19.4 Å². The smallest absolute Gasteiger partial charge is 0.240 e. The van der Waals surface area contributed by atoms with Crippen LogP contribution in [0.3, 0.4) is 0 Å². The number of aromatic nitrogens is 1. The van der Waals surface area contributed by atoms with Gasteiger partial charge in [-0.15, -0.1) is 6.58 Å². The first kappa shape index (κ1) is 19.4. The summed E-state index contributed by atoms with van der Waals surface area (Å²) >= 11 is 0. The summed E-state index contributed by atoms with van der Waals surface area (Å²) in [5.41, 5.74) is 3.27. The minimum absolute atomic E-state index is 0.253. The molecule has 1 atom stereocenters. The monoisotopic (exact) mass is 382 g/mol. The Morgan fingerprint density at radius 2 is 1.81 bits per heavy atom. The molecule has 0 radical (unpaired) electrons. The molecule has 0 amide bonds. The summed E-state index contributed by atoms with van der Waals surface area (Å²) in [6.45, 7) is 7.96. The number of nitrogens with one attached hydrogen (secondary N) is 2. The summed E-state index contributed by atoms with van der Waals surface area (Å²) in [6.07, 6.45) is 4.86. The molecule has 0 aliphatic rings. The van der Waals surface area contributed by atoms with Gasteiger partial charge in [0, 0.05) is 23.1 Å². The molecule has 0 saturated heterocycles. The Hall–Kier alpha value is -2.37. The van der Waals surface area contributed by atoms with Gasteiger partial charge in [-0.2, -0.15) is 0 Å². The maximum atomic E-state index is 12.8. The number of benzene rings is 2. The SMILES string of the molecule is C=CC[C@@H](Cc1c[nH]c2ccccc12)NS(=O)(=O)c1ccc(C(C)C)cc1. The van der Waals surface area contributed by atoms with Crippen LogP contribution in [0.15, 0.2) is 72.3 Å². The molecule has 5 heteroatoms. The number of hydrogen-bond acceptors (Lipinski definition) is 2. The molecule has 1 aromatic heterocycles. The Kier molecular flexibility index (Phi) is 5.82. The Labute approximate surface area is 161 Å². The molecule has 0 fully saturated rings. The second kappa shape index (κ2) is 8.11. The van der Waals surface area contributed by atoms with Crippen molar-refractivity contribution in [3.05, 3.63) is 78.5 Å². The van der Waals surface area contributed by atoms with Gasteiger partial charge in [0.2, 0.25) is 10.0 Å². The summed E-state index contributed by atoms with van der Waals surface area (Å²) in [5.74, 6) is 0.366. The molecule has 0 bridgehead atoms. The van der Waals surface area contributed by atoms with Gasteiger partial charge in [0.25, 0.3) is 0 Å². The van der Waals surface area contributed by atoms with Crippen molar-refractivity contribution in [2.45, 2.75) is 43.5 Å². The van der Waals surface area contributed by atoms with Crippen LogP contribution in [-0.2, 0) is 16.4 Å². The fraction of sp³-hybridized carbons (Fsp3) is 0.273. The third-order valence-corrected chi connectivity index (χ3v) is 6.31. The number of rotatable bonds is 8. The second-order valence-electron chi connectivity index (χ2n) is 7.13. The quantitative estimate of drug-likeness (QED) is 0.552. The van der Waals surface area contributed by atoms with E-state index >= 15 is 0 Å². The Balaban J connectivity index is 1.81. The molecule has 0 spiro atoms. The zero-order chi connectivity index (χ0) is 19.4. The van der Waals surface area contributed by atoms with Crippen molar-refractivity contribution in [1.82, 2.24) is 9.71 Å². The molecule has 1 heterocycles. The molecule has 2 N–H and O–H groups in total. The van der Waals surface area contributed by atoms with E-state index in [-0.39, 0.29) is 6.04 Å². The topological polar surface area (TPSA) is 62.0 Å². The van der Waals surface area contributed by atoms with E-state index in [2.05, 4.69) is 30.1 Å². The fourth-order valence-corrected chi connectivity index (χ4v) is 4.51. The summed E-state index contributed by atoms with van der Waals surface area (Å²) in [6, 6.07) is 14.9. The van der Waals surface area contributed by atoms with E-state index in [4.69, 9.17) is 0 Å². The number of sulfonamides is 1. The third-order valence-electron chi connectivity index (χ3n) is 4.77. The summed E-state index contributed by atoms with van der Waals surface area (Å²) in [5, 5.41) is 1.12. The van der Waals surface area contributed by atoms with Crippen molar-refractivity contribution >= 4 is 20.9 Å². The van der Waals surface area contributed by atoms with Crippen LogP contribution >= 0.6 is 0 Å². The zero-order valence-corrected chi connectivity index (χ0v) is 16.6. The van der Waals surface area contributed by atoms with Crippen LogP contribution in [0.25, 0.3) is 10.9 Å². The highest BCUT2D eigenvalue weighted by atomic mass is 32.2. The zero-order valence-electron chi connectivity index (χ0n) is 15.8. The maximum Gasteiger partial charge on any atom is 0.240 e. The number of para-hydroxylation sites is 1. The van der Waals surface area contributed by atoms with Gasteiger partial charge in [-0.1, -0.05) is 50.3 Å². The molecule has 2 aromatic carbocycles. The summed E-state index contributed by atoms with van der Waals surface area (Å²) in [4.78, 5) is 3.54. The number of hydrogen-bond donors (Lipinski definition) is 2. The lowest BCUT2D eigenvalue weighted by molar-refractivity contribution is 0.547. The molecule has 0 aliphatic heterocycles. The first-order valence-electron chi connectivity index (χ1n) is 9.19. The van der Waals surface area contributed by atoms with Crippen molar-refractivity contribution in [1.29, 1.82) is 0 Å². The number of fused-ring (bicyclic) bond motifs is 1. The lowest BCUT2D eigenvalue weighted by Gasteiger charge is -2.17. The van der Waals surface area contributed by atoms with Crippen LogP contribution < -0.4 is 4.72 Å². The Morgan fingerprint density at radius 3 is 2.48 bits per heavy atom. The van der Waals surface area contributed by atoms with Crippen LogP contribution in [0.1, 0.15) is 37.3 Å². The number of aromatic amines is 1. The third kappa shape index (κ3) is 4.49. The van der Waals surface area contributed by atoms with E-state index in [9.17, 15) is 8.42 Å². The molecular weight excluding hydrogens is 356 g/mol. The molecule has 0 saturated carbocycles. The first-order chi connectivity index (χ1) is 12.9. The van der Waals surface area contributed by atoms with Crippen molar-refractivity contribution in [3.8, 4) is 0 Å². The molecule has 4 nitrogen and oxygen atoms in total. The molecular formula is C22H26N2O2S. The van der Waals surface area contributed by atoms with E-state index in [1.54, 1.807) is 18.2 Å². The van der Waals surface area contributed by atoms with Crippen molar-refractivity contribution in [3.63, 3.8) is 0 Å². The van der Waals surface area contributed by atoms with Gasteiger partial charge in [0.1, 0.15) is 0 Å². The predicted octanol–water partition coefficient (Wildman–Crippen LogP) is 4.76. The summed E-state index contributed by atoms with van der Waals surface area (Å²) < 4.78 is 28.5. The highest BCUT2D eigenvalue weighted by molar-refractivity contribution is 7.89. The average Bonchev–Trinajstić information content (AvgIpc) is 3.05. The van der Waals surface area contributed by atoms with Crippen LogP contribution in [0.4, 0.5) is 0 Å². The standard InChI is InChI=1S/C22H26N2O2S/c1-4-7-19(14-18-15-23-22-9-6-5-8-21(18)22)24-27(25,26)20-12-10-17(11-13-20)16(2)3/h4-6,8-13,15-16,19,23-24H,1,7,14H2,2-3H3/t19-/m0/s1. The highest BCUT2D eigenvalue weighted by Gasteiger charge is 2.21. The van der Waals surface area contributed by atoms with Gasteiger partial charge >= 0.3 is 0 Å². The van der Waals surface area contributed by atoms with E-state index in [0.29, 0.717) is 23.7 Å². The van der Waals surface area contributed by atoms with E-state index < -0.39 is 10.0 Å². The largest absolute Gasteiger partial charge is 0.361 e. The lowest BCUT2D eigenvalue weighted by Crippen LogP contribution is -2.36. The van der Waals surface area contributed by atoms with Crippen molar-refractivity contribution in [2.75, 3.05) is 0 Å². The molecule has 142 valence electrons. The minimum Gasteiger partial charge on any atom is -0.361 e. The van der Waals surface area contributed by atoms with Gasteiger partial charge in [-0.3, -0.25) is 0 Å². The molecule has 0 unspecified atom stereocenters. The van der Waals surface area contributed by atoms with Crippen LogP contribution in [0, 0.1) is 0 Å². The van der Waals surface area contributed by atoms with E-state index in [0.717, 1.165) is 22.0 Å². The van der Waals surface area contributed by atoms with Crippen molar-refractivity contribution in [2.24, 2.45) is 0 Å². The Morgan fingerprint density at radius 1 is 1.11 bits per heavy atom. The molecule has 0 aliphatic carbocycles. The predicted molar refractivity (Wildman–Crippen MR) is 111 cm³/mol. The second-order valence-corrected chi connectivity index (χ2v) is 8.84. The van der Waals surface area contributed by atoms with Gasteiger partial charge in [-0.05, 0) is 48.1 Å². The first-order valence-corrected chi connectivity index (χ1v) is 10.7. The fourth-order valence-electron chi connectivity index (χ4n) is 3.26. The van der Waals surface area contributed by atoms with E-state index in [1.807, 2.05) is 42.6 Å². The van der Waals surface area contributed by atoms with Gasteiger partial charge in [0.05, 0.1) is 4.90 Å². The van der Waals surface area contributed by atoms with Gasteiger partial charge < -0.3 is 4.98 Å². The van der Waals surface area contributed by atoms with E-state index in [1.165, 1.54) is 0 Å². The molecule has 27 heavy (non-hydrogen) atoms. The van der Waals surface area contributed by atoms with Gasteiger partial charge in [0.15, 0.2) is 0 Å². The van der Waals surface area contributed by atoms with Crippen LogP contribution in [0.5, 0.6) is 0 Å². The normalized spacial score (nSPS) is 13.1. The molecule has 3 rings (SSSR count). The lowest BCUT2D eigenvalue weighted by atomic mass is 10.0. The minimum atomic E-state index is -3.59.